The number of nitrogens with two attached hydrogens (primary N) is 1. The third-order valence-corrected chi connectivity index (χ3v) is 11.0. The average molecular weight is 931 g/mol. The summed E-state index contributed by atoms with van der Waals surface area (Å²) in [5.74, 6) is -1.59. The molecular weight excluding hydrogens is 886 g/mol. The molecule has 0 saturated heterocycles. The lowest BCUT2D eigenvalue weighted by Gasteiger charge is -2.20. The van der Waals surface area contributed by atoms with Crippen molar-refractivity contribution in [2.75, 3.05) is 29.5 Å². The van der Waals surface area contributed by atoms with Gasteiger partial charge in [-0.1, -0.05) is 11.6 Å². The smallest absolute Gasteiger partial charge is 0.316 e. The number of aromatic nitrogens is 8. The van der Waals surface area contributed by atoms with Gasteiger partial charge in [-0.2, -0.15) is 10.2 Å². The molecule has 2 amide bonds. The number of hydrogen-bond acceptors (Lipinski definition) is 15. The maximum atomic E-state index is 15.4. The molecule has 7 rings (SSSR count). The summed E-state index contributed by atoms with van der Waals surface area (Å²) >= 11 is 6.66. The Morgan fingerprint density at radius 1 is 0.940 bits per heavy atom. The molecule has 0 bridgehead atoms. The first kappa shape index (κ1) is 47.1. The zero-order chi connectivity index (χ0) is 47.6. The van der Waals surface area contributed by atoms with Gasteiger partial charge in [0.2, 0.25) is 11.9 Å². The number of fused-ring (bicyclic) bond motifs is 2. The lowest BCUT2D eigenvalue weighted by Crippen LogP contribution is -2.34. The number of nitriles is 1. The highest BCUT2D eigenvalue weighted by atomic mass is 35.5. The molecule has 0 radical (unpaired) electrons. The summed E-state index contributed by atoms with van der Waals surface area (Å²) in [6.45, 7) is 6.30. The first-order chi connectivity index (χ1) is 32.3. The van der Waals surface area contributed by atoms with E-state index < -0.39 is 23.2 Å². The molecule has 0 spiro atoms. The van der Waals surface area contributed by atoms with Crippen LogP contribution in [0.4, 0.5) is 26.1 Å². The zero-order valence-corrected chi connectivity index (χ0v) is 37.3. The summed E-state index contributed by atoms with van der Waals surface area (Å²) in [4.78, 5) is 69.7. The normalized spacial score (nSPS) is 12.0. The molecule has 344 valence electrons. The van der Waals surface area contributed by atoms with Gasteiger partial charge in [-0.25, -0.2) is 38.7 Å². The first-order valence-corrected chi connectivity index (χ1v) is 21.6. The average Bonchev–Trinajstić information content (AvgIpc) is 3.31. The van der Waals surface area contributed by atoms with Crippen LogP contribution in [0.5, 0.6) is 6.01 Å². The Labute approximate surface area is 387 Å². The van der Waals surface area contributed by atoms with Gasteiger partial charge in [0.15, 0.2) is 17.0 Å². The van der Waals surface area contributed by atoms with E-state index in [9.17, 15) is 24.0 Å². The summed E-state index contributed by atoms with van der Waals surface area (Å²) < 4.78 is 35.9. The molecule has 2 unspecified atom stereocenters. The van der Waals surface area contributed by atoms with Crippen LogP contribution in [0.25, 0.3) is 33.5 Å². The van der Waals surface area contributed by atoms with E-state index in [4.69, 9.17) is 22.1 Å². The number of carbonyl (C=O) groups excluding carboxylic acids is 2. The van der Waals surface area contributed by atoms with Gasteiger partial charge < -0.3 is 31.7 Å². The monoisotopic (exact) mass is 930 g/mol. The van der Waals surface area contributed by atoms with Crippen LogP contribution in [-0.2, 0) is 11.3 Å². The van der Waals surface area contributed by atoms with Crippen molar-refractivity contribution < 1.29 is 23.1 Å². The molecule has 0 aliphatic carbocycles. The van der Waals surface area contributed by atoms with E-state index in [1.54, 1.807) is 38.1 Å². The number of benzene rings is 2. The highest BCUT2D eigenvalue weighted by Gasteiger charge is 2.21. The van der Waals surface area contributed by atoms with Crippen molar-refractivity contribution in [1.82, 2.24) is 50.5 Å². The number of rotatable bonds is 19. The fourth-order valence-electron chi connectivity index (χ4n) is 6.95. The van der Waals surface area contributed by atoms with Crippen LogP contribution in [0.2, 0.25) is 5.02 Å². The number of pyridine rings is 2. The second kappa shape index (κ2) is 21.4. The molecule has 2 atom stereocenters. The lowest BCUT2D eigenvalue weighted by molar-refractivity contribution is -0.121. The maximum Gasteiger partial charge on any atom is 0.316 e. The Bertz CT molecular complexity index is 3040. The Balaban J connectivity index is 0.802. The standard InChI is InChI=1S/C46H45ClF2N14O4/c1-24(57-43(65)28-9-11-30(12-10-28)53-22-31-23-54-42-41(60-31)44(66)63-45(51)62-42)7-14-36(64)52-15-5-4-6-16-67-46-55-20-29(21-56-46)38-34(49)18-35-39(61-38)40(37(47)26(3)58-35)59-25(2)32-17-27(19-50)8-13-33(32)48/h8-13,17-18,20-21,23-25,53H,4-7,14-16,22H2,1-3H3,(H,52,64)(H,57,65)(H,58,59)(H3,51,54,62,63,66). The van der Waals surface area contributed by atoms with Crippen LogP contribution in [0.1, 0.15) is 84.9 Å². The minimum Gasteiger partial charge on any atom is -0.463 e. The summed E-state index contributed by atoms with van der Waals surface area (Å²) in [5, 5.41) is 21.7. The molecule has 0 saturated carbocycles. The van der Waals surface area contributed by atoms with Gasteiger partial charge in [-0.05, 0) is 88.9 Å². The van der Waals surface area contributed by atoms with Crippen molar-refractivity contribution in [2.24, 2.45) is 0 Å². The molecule has 18 nitrogen and oxygen atoms in total. The number of ether oxygens (including phenoxy) is 1. The van der Waals surface area contributed by atoms with E-state index in [1.807, 2.05) is 13.0 Å². The predicted molar refractivity (Wildman–Crippen MR) is 248 cm³/mol. The van der Waals surface area contributed by atoms with E-state index in [0.717, 1.165) is 18.5 Å². The molecule has 7 aromatic rings. The lowest BCUT2D eigenvalue weighted by atomic mass is 10.0. The molecule has 0 fully saturated rings. The number of nitrogens with one attached hydrogen (secondary N) is 5. The molecule has 7 N–H and O–H groups in total. The van der Waals surface area contributed by atoms with E-state index in [1.165, 1.54) is 42.9 Å². The quantitative estimate of drug-likeness (QED) is 0.0453. The fraction of sp³-hybridized carbons (Fsp3) is 0.283. The summed E-state index contributed by atoms with van der Waals surface area (Å²) in [6.07, 6.45) is 7.15. The summed E-state index contributed by atoms with van der Waals surface area (Å²) in [6, 6.07) is 13.4. The number of nitrogen functional groups attached to an aromatic ring is 1. The third-order valence-electron chi connectivity index (χ3n) is 10.5. The second-order valence-corrected chi connectivity index (χ2v) is 16.0. The predicted octanol–water partition coefficient (Wildman–Crippen LogP) is 6.86. The Morgan fingerprint density at radius 3 is 2.48 bits per heavy atom. The minimum absolute atomic E-state index is 0.0366. The zero-order valence-electron chi connectivity index (χ0n) is 36.6. The second-order valence-electron chi connectivity index (χ2n) is 15.6. The van der Waals surface area contributed by atoms with Crippen molar-refractivity contribution in [3.8, 4) is 23.3 Å². The van der Waals surface area contributed by atoms with Gasteiger partial charge in [-0.15, -0.1) is 0 Å². The van der Waals surface area contributed by atoms with Crippen molar-refractivity contribution >= 4 is 62.9 Å². The maximum absolute atomic E-state index is 15.4. The van der Waals surface area contributed by atoms with E-state index in [2.05, 4.69) is 61.1 Å². The van der Waals surface area contributed by atoms with Gasteiger partial charge >= 0.3 is 6.01 Å². The number of anilines is 3. The third kappa shape index (κ3) is 11.9. The Kier molecular flexibility index (Phi) is 15.0. The molecule has 0 aliphatic rings. The van der Waals surface area contributed by atoms with Gasteiger partial charge in [0.25, 0.3) is 11.5 Å². The Morgan fingerprint density at radius 2 is 1.72 bits per heavy atom. The van der Waals surface area contributed by atoms with Crippen molar-refractivity contribution in [1.29, 1.82) is 5.26 Å². The molecule has 5 aromatic heterocycles. The SMILES string of the molecule is Cc1nc2cc(F)c(-c3cnc(OCCCCCNC(=O)CCC(C)NC(=O)c4ccc(NCc5cnc6nc(N)[nH]c(=O)c6n5)cc4)nc3)nc2c(NC(C)c2cc(C#N)ccc2F)c1Cl. The largest absolute Gasteiger partial charge is 0.463 e. The van der Waals surface area contributed by atoms with Crippen molar-refractivity contribution in [3.05, 3.63) is 122 Å². The number of unbranched alkanes of at least 4 members (excludes halogenated alkanes) is 2. The fourth-order valence-corrected chi connectivity index (χ4v) is 7.13. The van der Waals surface area contributed by atoms with Crippen LogP contribution in [0.3, 0.4) is 0 Å². The van der Waals surface area contributed by atoms with E-state index in [-0.39, 0.29) is 86.8 Å². The van der Waals surface area contributed by atoms with Crippen molar-refractivity contribution in [2.45, 2.75) is 71.5 Å². The number of halogens is 3. The van der Waals surface area contributed by atoms with Gasteiger partial charge in [0.1, 0.15) is 17.0 Å². The highest BCUT2D eigenvalue weighted by Crippen LogP contribution is 2.36. The number of H-pyrrole nitrogens is 1. The van der Waals surface area contributed by atoms with Gasteiger partial charge in [0.05, 0.1) is 64.6 Å². The number of carbonyl (C=O) groups is 2. The van der Waals surface area contributed by atoms with Crippen LogP contribution in [0.15, 0.2) is 71.9 Å². The van der Waals surface area contributed by atoms with Crippen molar-refractivity contribution in [3.63, 3.8) is 0 Å². The van der Waals surface area contributed by atoms with Gasteiger partial charge in [0, 0.05) is 59.8 Å². The number of nitrogens with zero attached hydrogens (tertiary/aromatic N) is 8. The molecular formula is C46H45ClF2N14O4. The van der Waals surface area contributed by atoms with Crippen LogP contribution < -0.4 is 37.3 Å². The van der Waals surface area contributed by atoms with Crippen LogP contribution in [-0.4, -0.2) is 70.9 Å². The summed E-state index contributed by atoms with van der Waals surface area (Å²) in [7, 11) is 0. The highest BCUT2D eigenvalue weighted by molar-refractivity contribution is 6.35. The molecule has 2 aromatic carbocycles. The van der Waals surface area contributed by atoms with Gasteiger partial charge in [-0.3, -0.25) is 19.4 Å². The summed E-state index contributed by atoms with van der Waals surface area (Å²) in [5.41, 5.74) is 9.02. The van der Waals surface area contributed by atoms with Crippen LogP contribution in [0, 0.1) is 29.9 Å². The molecule has 21 heteroatoms. The minimum atomic E-state index is -0.661. The molecule has 0 aliphatic heterocycles. The van der Waals surface area contributed by atoms with E-state index >= 15 is 4.39 Å². The van der Waals surface area contributed by atoms with E-state index in [0.29, 0.717) is 54.2 Å². The molecule has 67 heavy (non-hydrogen) atoms. The topological polar surface area (TPSA) is 264 Å². The number of amides is 2. The number of aromatic amines is 1. The molecule has 5 heterocycles. The Hall–Kier alpha value is -7.92. The first-order valence-electron chi connectivity index (χ1n) is 21.3. The number of hydrogen-bond donors (Lipinski definition) is 6. The number of aryl methyl sites for hydroxylation is 1. The van der Waals surface area contributed by atoms with Crippen LogP contribution >= 0.6 is 11.6 Å².